The monoisotopic (exact) mass is 511 g/mol. The molecule has 0 radical (unpaired) electrons. The Morgan fingerprint density at radius 3 is 2.40 bits per heavy atom. The van der Waals surface area contributed by atoms with E-state index in [4.69, 9.17) is 16.3 Å². The Labute approximate surface area is 213 Å². The third kappa shape index (κ3) is 4.09. The molecule has 4 nitrogen and oxygen atoms in total. The van der Waals surface area contributed by atoms with Gasteiger partial charge in [0.1, 0.15) is 11.6 Å². The first-order valence-corrected chi connectivity index (χ1v) is 13.4. The van der Waals surface area contributed by atoms with Gasteiger partial charge in [-0.3, -0.25) is 14.5 Å². The van der Waals surface area contributed by atoms with Crippen LogP contribution < -0.4 is 4.74 Å². The zero-order valence-corrected chi connectivity index (χ0v) is 21.1. The highest BCUT2D eigenvalue weighted by atomic mass is 35.5. The number of halogens is 2. The summed E-state index contributed by atoms with van der Waals surface area (Å²) in [4.78, 5) is 27.4. The molecule has 5 fully saturated rings. The SMILES string of the molecule is COc1ccc(C23CC4CC(CC(C4)C2)C3)cc1/C=C1/SC(=O)N(Cc2ccc(F)cc2Cl)C1=O. The highest BCUT2D eigenvalue weighted by Gasteiger charge is 2.51. The normalized spacial score (nSPS) is 30.5. The van der Waals surface area contributed by atoms with Gasteiger partial charge in [-0.2, -0.15) is 0 Å². The molecule has 5 aliphatic rings. The molecule has 4 aliphatic carbocycles. The molecule has 1 heterocycles. The first kappa shape index (κ1) is 23.1. The molecule has 7 heteroatoms. The van der Waals surface area contributed by atoms with Crippen molar-refractivity contribution in [3.05, 3.63) is 68.8 Å². The second-order valence-corrected chi connectivity index (χ2v) is 12.1. The van der Waals surface area contributed by atoms with E-state index >= 15 is 0 Å². The minimum absolute atomic E-state index is 0.00553. The molecular weight excluding hydrogens is 485 g/mol. The molecule has 2 aromatic carbocycles. The highest BCUT2D eigenvalue weighted by Crippen LogP contribution is 2.61. The molecule has 0 aromatic heterocycles. The lowest BCUT2D eigenvalue weighted by Gasteiger charge is -2.57. The average Bonchev–Trinajstić information content (AvgIpc) is 3.07. The van der Waals surface area contributed by atoms with Crippen molar-refractivity contribution in [1.82, 2.24) is 4.90 Å². The number of imide groups is 1. The fourth-order valence-corrected chi connectivity index (χ4v) is 8.30. The first-order chi connectivity index (χ1) is 16.8. The fraction of sp³-hybridized carbons (Fsp3) is 0.429. The zero-order valence-electron chi connectivity index (χ0n) is 19.6. The molecule has 1 saturated heterocycles. The van der Waals surface area contributed by atoms with Crippen LogP contribution in [0.15, 0.2) is 41.3 Å². The molecule has 2 aromatic rings. The predicted molar refractivity (Wildman–Crippen MR) is 136 cm³/mol. The number of carbonyl (C=O) groups excluding carboxylic acids is 2. The quantitative estimate of drug-likeness (QED) is 0.398. The van der Waals surface area contributed by atoms with E-state index in [9.17, 15) is 14.0 Å². The zero-order chi connectivity index (χ0) is 24.3. The van der Waals surface area contributed by atoms with Gasteiger partial charge in [0.2, 0.25) is 0 Å². The molecule has 4 saturated carbocycles. The Hall–Kier alpha value is -2.31. The number of thioether (sulfide) groups is 1. The van der Waals surface area contributed by atoms with Gasteiger partial charge in [-0.1, -0.05) is 23.7 Å². The third-order valence-electron chi connectivity index (χ3n) is 8.38. The fourth-order valence-electron chi connectivity index (χ4n) is 7.24. The number of rotatable bonds is 5. The topological polar surface area (TPSA) is 46.6 Å². The second-order valence-electron chi connectivity index (χ2n) is 10.7. The molecule has 7 rings (SSSR count). The number of ether oxygens (including phenoxy) is 1. The molecular formula is C28H27ClFNO3S. The van der Waals surface area contributed by atoms with Crippen molar-refractivity contribution >= 4 is 40.6 Å². The standard InChI is InChI=1S/C28H27ClFNO3S/c1-34-24-5-3-21(28-12-16-6-17(13-28)8-18(7-16)14-28)9-20(24)10-25-26(32)31(27(33)35-25)15-19-2-4-22(30)11-23(19)29/h2-5,9-11,16-18H,6-8,12-15H2,1H3/b25-10+. The molecule has 182 valence electrons. The Balaban J connectivity index is 1.30. The van der Waals surface area contributed by atoms with Crippen molar-refractivity contribution in [1.29, 1.82) is 0 Å². The van der Waals surface area contributed by atoms with Crippen molar-refractivity contribution in [3.63, 3.8) is 0 Å². The molecule has 2 amide bonds. The van der Waals surface area contributed by atoms with Crippen LogP contribution in [-0.4, -0.2) is 23.2 Å². The van der Waals surface area contributed by atoms with Crippen molar-refractivity contribution < 1.29 is 18.7 Å². The van der Waals surface area contributed by atoms with Gasteiger partial charge >= 0.3 is 0 Å². The molecule has 0 spiro atoms. The van der Waals surface area contributed by atoms with Gasteiger partial charge in [0, 0.05) is 10.6 Å². The Bertz CT molecular complexity index is 1220. The van der Waals surface area contributed by atoms with Crippen LogP contribution in [-0.2, 0) is 16.8 Å². The summed E-state index contributed by atoms with van der Waals surface area (Å²) in [6, 6.07) is 10.3. The molecule has 35 heavy (non-hydrogen) atoms. The lowest BCUT2D eigenvalue weighted by atomic mass is 9.48. The van der Waals surface area contributed by atoms with Crippen LogP contribution in [0.4, 0.5) is 9.18 Å². The summed E-state index contributed by atoms with van der Waals surface area (Å²) in [6.07, 6.45) is 9.67. The van der Waals surface area contributed by atoms with Crippen molar-refractivity contribution in [3.8, 4) is 5.75 Å². The summed E-state index contributed by atoms with van der Waals surface area (Å²) in [5.74, 6) is 2.36. The van der Waals surface area contributed by atoms with Crippen LogP contribution in [0.5, 0.6) is 5.75 Å². The lowest BCUT2D eigenvalue weighted by molar-refractivity contribution is -0.123. The van der Waals surface area contributed by atoms with E-state index in [2.05, 4.69) is 12.1 Å². The van der Waals surface area contributed by atoms with Crippen LogP contribution >= 0.6 is 23.4 Å². The van der Waals surface area contributed by atoms with Crippen LogP contribution in [0.25, 0.3) is 6.08 Å². The second kappa shape index (κ2) is 8.67. The van der Waals surface area contributed by atoms with Crippen LogP contribution in [0.3, 0.4) is 0 Å². The predicted octanol–water partition coefficient (Wildman–Crippen LogP) is 7.19. The number of methoxy groups -OCH3 is 1. The lowest BCUT2D eigenvalue weighted by Crippen LogP contribution is -2.48. The van der Waals surface area contributed by atoms with E-state index in [1.807, 2.05) is 6.07 Å². The van der Waals surface area contributed by atoms with Crippen molar-refractivity contribution in [2.75, 3.05) is 7.11 Å². The summed E-state index contributed by atoms with van der Waals surface area (Å²) < 4.78 is 19.0. The van der Waals surface area contributed by atoms with Gasteiger partial charge in [0.05, 0.1) is 18.6 Å². The highest BCUT2D eigenvalue weighted by molar-refractivity contribution is 8.18. The van der Waals surface area contributed by atoms with Gasteiger partial charge < -0.3 is 4.74 Å². The maximum Gasteiger partial charge on any atom is 0.293 e. The number of carbonyl (C=O) groups is 2. The van der Waals surface area contributed by atoms with Gasteiger partial charge in [0.15, 0.2) is 0 Å². The maximum absolute atomic E-state index is 13.4. The first-order valence-electron chi connectivity index (χ1n) is 12.2. The smallest absolute Gasteiger partial charge is 0.293 e. The Morgan fingerprint density at radius 2 is 1.77 bits per heavy atom. The van der Waals surface area contributed by atoms with E-state index in [0.29, 0.717) is 16.2 Å². The Kier molecular flexibility index (Phi) is 5.72. The largest absolute Gasteiger partial charge is 0.496 e. The molecule has 0 N–H and O–H groups in total. The Morgan fingerprint density at radius 1 is 1.09 bits per heavy atom. The summed E-state index contributed by atoms with van der Waals surface area (Å²) in [5, 5.41) is -0.171. The summed E-state index contributed by atoms with van der Waals surface area (Å²) in [6.45, 7) is 0.00553. The molecule has 4 bridgehead atoms. The van der Waals surface area contributed by atoms with E-state index in [0.717, 1.165) is 40.0 Å². The molecule has 0 atom stereocenters. The third-order valence-corrected chi connectivity index (χ3v) is 9.64. The van der Waals surface area contributed by atoms with E-state index in [1.165, 1.54) is 62.3 Å². The number of nitrogens with zero attached hydrogens (tertiary/aromatic N) is 1. The van der Waals surface area contributed by atoms with Gasteiger partial charge in [0.25, 0.3) is 11.1 Å². The van der Waals surface area contributed by atoms with Crippen LogP contribution in [0, 0.1) is 23.6 Å². The van der Waals surface area contributed by atoms with Gasteiger partial charge in [-0.25, -0.2) is 4.39 Å². The van der Waals surface area contributed by atoms with E-state index in [1.54, 1.807) is 13.2 Å². The summed E-state index contributed by atoms with van der Waals surface area (Å²) in [7, 11) is 1.62. The van der Waals surface area contributed by atoms with Gasteiger partial charge in [-0.05, 0) is 115 Å². The van der Waals surface area contributed by atoms with E-state index < -0.39 is 5.82 Å². The molecule has 0 unspecified atom stereocenters. The van der Waals surface area contributed by atoms with Crippen molar-refractivity contribution in [2.45, 2.75) is 50.5 Å². The van der Waals surface area contributed by atoms with Crippen molar-refractivity contribution in [2.24, 2.45) is 17.8 Å². The summed E-state index contributed by atoms with van der Waals surface area (Å²) in [5.41, 5.74) is 2.91. The summed E-state index contributed by atoms with van der Waals surface area (Å²) >= 11 is 7.04. The van der Waals surface area contributed by atoms with E-state index in [-0.39, 0.29) is 28.1 Å². The maximum atomic E-state index is 13.4. The van der Waals surface area contributed by atoms with Crippen LogP contribution in [0.1, 0.15) is 55.2 Å². The number of benzene rings is 2. The molecule has 1 aliphatic heterocycles. The average molecular weight is 512 g/mol. The van der Waals surface area contributed by atoms with Gasteiger partial charge in [-0.15, -0.1) is 0 Å². The van der Waals surface area contributed by atoms with Crippen LogP contribution in [0.2, 0.25) is 5.02 Å². The number of hydrogen-bond acceptors (Lipinski definition) is 4. The number of hydrogen-bond donors (Lipinski definition) is 0. The minimum Gasteiger partial charge on any atom is -0.496 e. The number of amides is 2. The minimum atomic E-state index is -0.459.